The number of carbonyl (C=O) groups is 5. The third-order valence-corrected chi connectivity index (χ3v) is 16.8. The van der Waals surface area contributed by atoms with Crippen molar-refractivity contribution >= 4 is 68.8 Å². The Balaban J connectivity index is 0.000000145. The molecular formula is C78H70N4O17. The molecule has 3 aliphatic heterocycles. The predicted molar refractivity (Wildman–Crippen MR) is 373 cm³/mol. The normalized spacial score (nSPS) is 12.5. The van der Waals surface area contributed by atoms with Crippen LogP contribution >= 0.6 is 0 Å². The van der Waals surface area contributed by atoms with Gasteiger partial charge >= 0.3 is 11.9 Å². The number of aromatic amines is 1. The number of aliphatic hydroxyl groups is 1. The van der Waals surface area contributed by atoms with E-state index in [1.165, 1.54) is 33.7 Å². The third kappa shape index (κ3) is 15.6. The summed E-state index contributed by atoms with van der Waals surface area (Å²) in [6.07, 6.45) is 7.19. The number of carbonyl (C=O) groups excluding carboxylic acids is 5. The van der Waals surface area contributed by atoms with Crippen molar-refractivity contribution in [3.05, 3.63) is 273 Å². The van der Waals surface area contributed by atoms with Crippen LogP contribution in [-0.4, -0.2) is 96.9 Å². The molecule has 0 radical (unpaired) electrons. The standard InChI is InChI=1S/C25H20N2O4.C20H19NO5.C19H15NO4.C14H16O4/c1-15-6-7-17(9-16(15)2)24(28)20-13-27(12-18-5-3-4-8-26-18)21-11-23-22(30-14-31-23)10-19(21)25(20)29;1-12-4-5-14(8-13(12)2)19(22)16(20(23)24-3)10-21-15-6-7-17-18(9-15)26-11-25-17;1-10-3-4-12(5-11(10)2)18(21)14-8-20-15-7-17-16(23-9-24-17)6-13(15)19(14)22;1-9-5-6-11(7-10(9)2)13(15)12(8-17-3)14(16)18-4/h3-11,13H,12,14H2,1-2H3;4-10,22H,11H2,1-3H3;3-8H,9H2,1-2H3,(H,20,22);5-8H,1-4H3. The lowest BCUT2D eigenvalue weighted by Crippen LogP contribution is -2.20. The molecule has 0 amide bonds. The molecule has 3 aromatic heterocycles. The molecule has 3 aliphatic rings. The predicted octanol–water partition coefficient (Wildman–Crippen LogP) is 13.2. The van der Waals surface area contributed by atoms with Gasteiger partial charge in [0.05, 0.1) is 72.2 Å². The van der Waals surface area contributed by atoms with E-state index in [0.717, 1.165) is 56.5 Å². The number of methoxy groups -OCH3 is 3. The molecular weight excluding hydrogens is 1260 g/mol. The zero-order valence-electron chi connectivity index (χ0n) is 56.2. The number of rotatable bonds is 14. The van der Waals surface area contributed by atoms with Crippen LogP contribution in [0.5, 0.6) is 34.5 Å². The Hall–Kier alpha value is -12.4. The SMILES string of the molecule is COC(=O)C(C=Nc1ccc2c(c1)OCO2)=C(O)c1ccc(C)c(C)c1.COC=C(C(=O)OC)C(=O)c1ccc(C)c(C)c1.Cc1ccc(C(=O)c2c[nH]c3cc4c(cc3c2=O)OCO4)cc1C.Cc1ccc(C(=O)c2cn(Cc3ccccn3)c3cc4c(cc3c2=O)OCO4)cc1C. The minimum absolute atomic E-state index is 0.0339. The molecule has 0 spiro atoms. The maximum absolute atomic E-state index is 13.4. The second-order valence-corrected chi connectivity index (χ2v) is 23.3. The lowest BCUT2D eigenvalue weighted by Gasteiger charge is -2.14. The monoisotopic (exact) mass is 1330 g/mol. The summed E-state index contributed by atoms with van der Waals surface area (Å²) in [5.41, 5.74) is 12.4. The summed E-state index contributed by atoms with van der Waals surface area (Å²) in [6, 6.07) is 39.2. The van der Waals surface area contributed by atoms with Crippen LogP contribution in [0, 0.1) is 55.4 Å². The first-order chi connectivity index (χ1) is 47.5. The van der Waals surface area contributed by atoms with Crippen LogP contribution in [0.15, 0.2) is 184 Å². The number of aliphatic hydroxyl groups excluding tert-OH is 1. The highest BCUT2D eigenvalue weighted by atomic mass is 16.7. The molecule has 10 aromatic rings. The highest BCUT2D eigenvalue weighted by Crippen LogP contribution is 2.38. The first-order valence-electron chi connectivity index (χ1n) is 31.1. The number of nitrogens with zero attached hydrogens (tertiary/aromatic N) is 3. The van der Waals surface area contributed by atoms with Crippen molar-refractivity contribution in [3.8, 4) is 34.5 Å². The number of ether oxygens (including phenoxy) is 9. The van der Waals surface area contributed by atoms with Crippen LogP contribution in [0.25, 0.3) is 27.6 Å². The van der Waals surface area contributed by atoms with E-state index >= 15 is 0 Å². The molecule has 0 aliphatic carbocycles. The summed E-state index contributed by atoms with van der Waals surface area (Å²) >= 11 is 0. The number of aryl methyl sites for hydroxylation is 8. The summed E-state index contributed by atoms with van der Waals surface area (Å²) in [4.78, 5) is 99.6. The van der Waals surface area contributed by atoms with Crippen molar-refractivity contribution in [1.82, 2.24) is 14.5 Å². The number of nitrogens with one attached hydrogen (secondary N) is 1. The van der Waals surface area contributed by atoms with Gasteiger partial charge in [0.2, 0.25) is 37.0 Å². The zero-order valence-corrected chi connectivity index (χ0v) is 56.2. The Morgan fingerprint density at radius 1 is 0.535 bits per heavy atom. The Kier molecular flexibility index (Phi) is 21.4. The lowest BCUT2D eigenvalue weighted by atomic mass is 9.98. The number of aliphatic imine (C=N–C) groups is 1. The molecule has 0 bridgehead atoms. The number of H-pyrrole nitrogens is 1. The number of benzene rings is 7. The molecule has 0 saturated carbocycles. The van der Waals surface area contributed by atoms with Crippen LogP contribution in [0.2, 0.25) is 0 Å². The van der Waals surface area contributed by atoms with Crippen LogP contribution in [-0.2, 0) is 30.3 Å². The fourth-order valence-corrected chi connectivity index (χ4v) is 10.5. The highest BCUT2D eigenvalue weighted by molar-refractivity contribution is 6.24. The van der Waals surface area contributed by atoms with Gasteiger partial charge in [0.15, 0.2) is 46.1 Å². The van der Waals surface area contributed by atoms with E-state index in [4.69, 9.17) is 37.9 Å². The van der Waals surface area contributed by atoms with Crippen molar-refractivity contribution in [2.24, 2.45) is 4.99 Å². The molecule has 21 nitrogen and oxygen atoms in total. The smallest absolute Gasteiger partial charge is 0.345 e. The molecule has 21 heteroatoms. The molecule has 504 valence electrons. The van der Waals surface area contributed by atoms with Gasteiger partial charge in [-0.2, -0.15) is 0 Å². The van der Waals surface area contributed by atoms with Crippen molar-refractivity contribution in [3.63, 3.8) is 0 Å². The van der Waals surface area contributed by atoms with E-state index < -0.39 is 17.7 Å². The first-order valence-corrected chi connectivity index (χ1v) is 31.1. The van der Waals surface area contributed by atoms with E-state index in [1.54, 1.807) is 91.3 Å². The summed E-state index contributed by atoms with van der Waals surface area (Å²) in [5.74, 6) is 0.838. The molecule has 99 heavy (non-hydrogen) atoms. The number of aromatic nitrogens is 3. The van der Waals surface area contributed by atoms with Gasteiger partial charge in [0.1, 0.15) is 23.2 Å². The fourth-order valence-electron chi connectivity index (χ4n) is 10.5. The van der Waals surface area contributed by atoms with Gasteiger partial charge in [-0.05, 0) is 161 Å². The summed E-state index contributed by atoms with van der Waals surface area (Å²) in [6.45, 7) is 16.4. The van der Waals surface area contributed by atoms with Gasteiger partial charge in [-0.25, -0.2) is 9.59 Å². The topological polar surface area (TPSA) is 269 Å². The molecule has 0 saturated heterocycles. The quantitative estimate of drug-likeness (QED) is 0.0195. The molecule has 7 aromatic carbocycles. The van der Waals surface area contributed by atoms with Crippen LogP contribution in [0.3, 0.4) is 0 Å². The average molecular weight is 1340 g/mol. The minimum atomic E-state index is -0.708. The van der Waals surface area contributed by atoms with E-state index in [-0.39, 0.29) is 70.8 Å². The average Bonchev–Trinajstić information content (AvgIpc) is 1.73. The number of pyridine rings is 3. The van der Waals surface area contributed by atoms with Crippen molar-refractivity contribution in [1.29, 1.82) is 0 Å². The second-order valence-electron chi connectivity index (χ2n) is 23.3. The van der Waals surface area contributed by atoms with Gasteiger partial charge in [-0.15, -0.1) is 0 Å². The van der Waals surface area contributed by atoms with Gasteiger partial charge in [-0.1, -0.05) is 54.6 Å². The number of esters is 2. The number of hydrogen-bond donors (Lipinski definition) is 2. The van der Waals surface area contributed by atoms with Gasteiger partial charge in [0.25, 0.3) is 0 Å². The fraction of sp³-hybridized carbons (Fsp3) is 0.192. The van der Waals surface area contributed by atoms with Gasteiger partial charge in [0, 0.05) is 65.3 Å². The van der Waals surface area contributed by atoms with Crippen molar-refractivity contribution in [2.45, 2.75) is 61.9 Å². The Morgan fingerprint density at radius 3 is 1.59 bits per heavy atom. The highest BCUT2D eigenvalue weighted by Gasteiger charge is 2.26. The van der Waals surface area contributed by atoms with Gasteiger partial charge < -0.3 is 57.3 Å². The number of Topliss-reactive ketones (excluding diaryl/α,β-unsaturated/α-hetero) is 1. The molecule has 0 atom stereocenters. The molecule has 2 N–H and O–H groups in total. The zero-order chi connectivity index (χ0) is 70.8. The van der Waals surface area contributed by atoms with Crippen molar-refractivity contribution < 1.29 is 71.7 Å². The first kappa shape index (κ1) is 69.4. The third-order valence-electron chi connectivity index (χ3n) is 16.8. The number of hydrogen-bond acceptors (Lipinski definition) is 19. The maximum Gasteiger partial charge on any atom is 0.345 e. The largest absolute Gasteiger partial charge is 0.506 e. The number of ketones is 3. The molecule has 0 fully saturated rings. The van der Waals surface area contributed by atoms with Crippen LogP contribution < -0.4 is 39.3 Å². The maximum atomic E-state index is 13.4. The Labute approximate surface area is 569 Å². The number of fused-ring (bicyclic) bond motifs is 5. The minimum Gasteiger partial charge on any atom is -0.506 e. The lowest BCUT2D eigenvalue weighted by molar-refractivity contribution is -0.136. The Morgan fingerprint density at radius 2 is 1.03 bits per heavy atom. The molecule has 0 unspecified atom stereocenters. The van der Waals surface area contributed by atoms with Crippen molar-refractivity contribution in [2.75, 3.05) is 41.7 Å². The Bertz CT molecular complexity index is 5080. The molecule has 13 rings (SSSR count). The van der Waals surface area contributed by atoms with E-state index in [0.29, 0.717) is 90.8 Å². The molecule has 6 heterocycles. The summed E-state index contributed by atoms with van der Waals surface area (Å²) < 4.78 is 48.1. The van der Waals surface area contributed by atoms with Crippen LogP contribution in [0.1, 0.15) is 98.0 Å². The van der Waals surface area contributed by atoms with E-state index in [2.05, 4.69) is 19.7 Å². The summed E-state index contributed by atoms with van der Waals surface area (Å²) in [5, 5.41) is 11.4. The van der Waals surface area contributed by atoms with Gasteiger partial charge in [-0.3, -0.25) is 33.9 Å². The van der Waals surface area contributed by atoms with Crippen LogP contribution in [0.4, 0.5) is 5.69 Å². The second kappa shape index (κ2) is 30.6. The summed E-state index contributed by atoms with van der Waals surface area (Å²) in [7, 11) is 3.85. The van der Waals surface area contributed by atoms with E-state index in [9.17, 15) is 38.7 Å². The van der Waals surface area contributed by atoms with E-state index in [1.807, 2.05) is 115 Å².